The Labute approximate surface area is 191 Å². The lowest BCUT2D eigenvalue weighted by Crippen LogP contribution is -2.56. The molecule has 0 aliphatic rings. The van der Waals surface area contributed by atoms with Crippen molar-refractivity contribution in [2.45, 2.75) is 38.1 Å². The van der Waals surface area contributed by atoms with E-state index in [4.69, 9.17) is 4.74 Å². The zero-order valence-electron chi connectivity index (χ0n) is 18.1. The van der Waals surface area contributed by atoms with Gasteiger partial charge in [-0.3, -0.25) is 4.79 Å². The van der Waals surface area contributed by atoms with Crippen LogP contribution in [0, 0.1) is 0 Å². The Morgan fingerprint density at radius 2 is 1.58 bits per heavy atom. The summed E-state index contributed by atoms with van der Waals surface area (Å²) in [5, 5.41) is 26.3. The van der Waals surface area contributed by atoms with Crippen molar-refractivity contribution in [1.82, 2.24) is 10.6 Å². The monoisotopic (exact) mass is 450 g/mol. The van der Waals surface area contributed by atoms with Crippen molar-refractivity contribution < 1.29 is 29.3 Å². The second-order valence-electron chi connectivity index (χ2n) is 7.67. The Kier molecular flexibility index (Phi) is 7.99. The summed E-state index contributed by atoms with van der Waals surface area (Å²) in [6, 6.07) is 19.4. The lowest BCUT2D eigenvalue weighted by molar-refractivity contribution is -0.142. The van der Waals surface area contributed by atoms with Crippen LogP contribution in [0.1, 0.15) is 18.1 Å². The number of ether oxygens (including phenoxy) is 1. The molecule has 0 bridgehead atoms. The summed E-state index contributed by atoms with van der Waals surface area (Å²) in [5.41, 5.74) is 1.51. The maximum atomic E-state index is 12.8. The number of rotatable bonds is 9. The van der Waals surface area contributed by atoms with Crippen molar-refractivity contribution in [1.29, 1.82) is 0 Å². The number of hydrogen-bond donors (Lipinski definition) is 4. The van der Waals surface area contributed by atoms with Crippen LogP contribution in [0.5, 0.6) is 0 Å². The normalized spacial score (nSPS) is 13.5. The Morgan fingerprint density at radius 1 is 0.909 bits per heavy atom. The number of hydrogen-bond acceptors (Lipinski definition) is 5. The Balaban J connectivity index is 1.66. The third kappa shape index (κ3) is 6.54. The number of aliphatic carboxylic acids is 1. The van der Waals surface area contributed by atoms with Crippen molar-refractivity contribution in [3.8, 4) is 0 Å². The van der Waals surface area contributed by atoms with Gasteiger partial charge in [0.2, 0.25) is 5.91 Å². The molecule has 8 heteroatoms. The van der Waals surface area contributed by atoms with Crippen molar-refractivity contribution in [2.75, 3.05) is 0 Å². The number of alkyl carbamates (subject to hydrolysis) is 1. The average molecular weight is 450 g/mol. The molecule has 0 unspecified atom stereocenters. The lowest BCUT2D eigenvalue weighted by Gasteiger charge is -2.23. The first-order chi connectivity index (χ1) is 15.8. The van der Waals surface area contributed by atoms with E-state index in [0.717, 1.165) is 21.9 Å². The number of carbonyl (C=O) groups excluding carboxylic acids is 2. The fourth-order valence-electron chi connectivity index (χ4n) is 3.45. The quantitative estimate of drug-likeness (QED) is 0.397. The predicted molar refractivity (Wildman–Crippen MR) is 122 cm³/mol. The first-order valence-corrected chi connectivity index (χ1v) is 10.5. The zero-order valence-corrected chi connectivity index (χ0v) is 18.1. The first kappa shape index (κ1) is 23.7. The average Bonchev–Trinajstić information content (AvgIpc) is 2.81. The van der Waals surface area contributed by atoms with Crippen LogP contribution in [-0.2, 0) is 27.4 Å². The molecule has 0 saturated carbocycles. The molecule has 172 valence electrons. The zero-order chi connectivity index (χ0) is 23.8. The van der Waals surface area contributed by atoms with Crippen LogP contribution >= 0.6 is 0 Å². The predicted octanol–water partition coefficient (Wildman–Crippen LogP) is 2.63. The Bertz CT molecular complexity index is 1110. The van der Waals surface area contributed by atoms with Gasteiger partial charge in [-0.25, -0.2) is 9.59 Å². The van der Waals surface area contributed by atoms with E-state index in [0.29, 0.717) is 0 Å². The van der Waals surface area contributed by atoms with Crippen LogP contribution in [0.3, 0.4) is 0 Å². The van der Waals surface area contributed by atoms with Crippen molar-refractivity contribution in [3.63, 3.8) is 0 Å². The maximum absolute atomic E-state index is 12.8. The van der Waals surface area contributed by atoms with E-state index < -0.39 is 36.2 Å². The van der Waals surface area contributed by atoms with E-state index in [1.54, 1.807) is 30.3 Å². The highest BCUT2D eigenvalue weighted by atomic mass is 16.5. The van der Waals surface area contributed by atoms with Gasteiger partial charge in [-0.15, -0.1) is 0 Å². The van der Waals surface area contributed by atoms with Gasteiger partial charge in [-0.05, 0) is 28.8 Å². The number of nitrogens with one attached hydrogen (secondary N) is 2. The van der Waals surface area contributed by atoms with E-state index in [9.17, 15) is 24.6 Å². The summed E-state index contributed by atoms with van der Waals surface area (Å²) in [6.45, 7) is 1.31. The smallest absolute Gasteiger partial charge is 0.408 e. The van der Waals surface area contributed by atoms with Gasteiger partial charge in [-0.1, -0.05) is 72.8 Å². The van der Waals surface area contributed by atoms with Crippen molar-refractivity contribution in [2.24, 2.45) is 0 Å². The standard InChI is InChI=1S/C25H26N2O6/c1-16(28)22(27-25(32)33-15-17-8-3-2-4-9-17)23(29)26-21(24(30)31)14-19-12-7-11-18-10-5-6-13-20(18)19/h2-13,16,21-22,28H,14-15H2,1H3,(H,26,29)(H,27,32)(H,30,31)/t16-,21+,22+/m1/s1. The minimum Gasteiger partial charge on any atom is -0.480 e. The van der Waals surface area contributed by atoms with E-state index in [2.05, 4.69) is 10.6 Å². The van der Waals surface area contributed by atoms with Gasteiger partial charge < -0.3 is 25.6 Å². The highest BCUT2D eigenvalue weighted by Crippen LogP contribution is 2.20. The summed E-state index contributed by atoms with van der Waals surface area (Å²) < 4.78 is 5.10. The third-order valence-corrected chi connectivity index (χ3v) is 5.17. The molecular weight excluding hydrogens is 424 g/mol. The van der Waals surface area contributed by atoms with Gasteiger partial charge in [0, 0.05) is 6.42 Å². The Hall–Kier alpha value is -3.91. The van der Waals surface area contributed by atoms with Gasteiger partial charge in [0.15, 0.2) is 0 Å². The molecular formula is C25H26N2O6. The number of carboxylic acids is 1. The molecule has 3 rings (SSSR count). The van der Waals surface area contributed by atoms with Crippen LogP contribution in [0.25, 0.3) is 10.8 Å². The minimum atomic E-state index is -1.39. The molecule has 4 N–H and O–H groups in total. The van der Waals surface area contributed by atoms with Crippen LogP contribution in [-0.4, -0.2) is 46.4 Å². The molecule has 0 fully saturated rings. The third-order valence-electron chi connectivity index (χ3n) is 5.17. The van der Waals surface area contributed by atoms with E-state index >= 15 is 0 Å². The van der Waals surface area contributed by atoms with Crippen LogP contribution in [0.4, 0.5) is 4.79 Å². The molecule has 0 radical (unpaired) electrons. The molecule has 0 saturated heterocycles. The highest BCUT2D eigenvalue weighted by Gasteiger charge is 2.30. The van der Waals surface area contributed by atoms with Crippen molar-refractivity contribution in [3.05, 3.63) is 83.9 Å². The molecule has 0 heterocycles. The fourth-order valence-corrected chi connectivity index (χ4v) is 3.45. The second-order valence-corrected chi connectivity index (χ2v) is 7.67. The van der Waals surface area contributed by atoms with Gasteiger partial charge in [-0.2, -0.15) is 0 Å². The molecule has 0 aliphatic carbocycles. The molecule has 3 aromatic rings. The number of carboxylic acid groups (broad SMARTS) is 1. The minimum absolute atomic E-state index is 0.0142. The van der Waals surface area contributed by atoms with Gasteiger partial charge in [0.05, 0.1) is 6.10 Å². The molecule has 0 spiro atoms. The molecule has 2 amide bonds. The highest BCUT2D eigenvalue weighted by molar-refractivity contribution is 5.91. The van der Waals surface area contributed by atoms with Crippen LogP contribution < -0.4 is 10.6 Å². The fraction of sp³-hybridized carbons (Fsp3) is 0.240. The summed E-state index contributed by atoms with van der Waals surface area (Å²) in [6.07, 6.45) is -2.14. The lowest BCUT2D eigenvalue weighted by atomic mass is 9.98. The largest absolute Gasteiger partial charge is 0.480 e. The van der Waals surface area contributed by atoms with Gasteiger partial charge >= 0.3 is 12.1 Å². The summed E-state index contributed by atoms with van der Waals surface area (Å²) in [4.78, 5) is 36.8. The molecule has 0 aliphatic heterocycles. The van der Waals surface area contributed by atoms with E-state index in [1.165, 1.54) is 6.92 Å². The molecule has 0 aromatic heterocycles. The van der Waals surface area contributed by atoms with Crippen LogP contribution in [0.2, 0.25) is 0 Å². The van der Waals surface area contributed by atoms with Gasteiger partial charge in [0.1, 0.15) is 18.7 Å². The summed E-state index contributed by atoms with van der Waals surface area (Å²) in [5.74, 6) is -2.05. The van der Waals surface area contributed by atoms with Crippen LogP contribution in [0.15, 0.2) is 72.8 Å². The Morgan fingerprint density at radius 3 is 2.27 bits per heavy atom. The number of aliphatic hydroxyl groups is 1. The topological polar surface area (TPSA) is 125 Å². The molecule has 33 heavy (non-hydrogen) atoms. The SMILES string of the molecule is C[C@@H](O)[C@H](NC(=O)OCc1ccccc1)C(=O)N[C@@H](Cc1cccc2ccccc12)C(=O)O. The summed E-state index contributed by atoms with van der Waals surface area (Å²) in [7, 11) is 0. The number of benzene rings is 3. The number of carbonyl (C=O) groups is 3. The molecule has 8 nitrogen and oxygen atoms in total. The molecule has 3 atom stereocenters. The second kappa shape index (κ2) is 11.1. The molecule has 3 aromatic carbocycles. The van der Waals surface area contributed by atoms with E-state index in [-0.39, 0.29) is 13.0 Å². The van der Waals surface area contributed by atoms with Gasteiger partial charge in [0.25, 0.3) is 0 Å². The summed E-state index contributed by atoms with van der Waals surface area (Å²) >= 11 is 0. The first-order valence-electron chi connectivity index (χ1n) is 10.5. The number of amides is 2. The van der Waals surface area contributed by atoms with E-state index in [1.807, 2.05) is 42.5 Å². The number of fused-ring (bicyclic) bond motifs is 1. The number of aliphatic hydroxyl groups excluding tert-OH is 1. The van der Waals surface area contributed by atoms with Crippen molar-refractivity contribution >= 4 is 28.7 Å². The maximum Gasteiger partial charge on any atom is 0.408 e.